The number of nitrogens with zero attached hydrogens (tertiary/aromatic N) is 3. The number of amides is 2. The van der Waals surface area contributed by atoms with Gasteiger partial charge in [-0.2, -0.15) is 4.37 Å². The van der Waals surface area contributed by atoms with Gasteiger partial charge in [-0.25, -0.2) is 18.6 Å². The first-order valence-corrected chi connectivity index (χ1v) is 8.57. The molecule has 0 bridgehead atoms. The largest absolute Gasteiger partial charge is 0.324 e. The molecule has 0 unspecified atom stereocenters. The van der Waals surface area contributed by atoms with Gasteiger partial charge in [-0.1, -0.05) is 0 Å². The Morgan fingerprint density at radius 2 is 2.00 bits per heavy atom. The van der Waals surface area contributed by atoms with Crippen molar-refractivity contribution >= 4 is 28.5 Å². The van der Waals surface area contributed by atoms with Crippen LogP contribution in [0.4, 0.5) is 18.7 Å². The number of hydrogen-bond donors (Lipinski definition) is 1. The van der Waals surface area contributed by atoms with E-state index in [4.69, 9.17) is 0 Å². The molecule has 132 valence electrons. The van der Waals surface area contributed by atoms with Crippen LogP contribution in [0.5, 0.6) is 0 Å². The average Bonchev–Trinajstić information content (AvgIpc) is 2.99. The van der Waals surface area contributed by atoms with Gasteiger partial charge in [0.25, 0.3) is 0 Å². The summed E-state index contributed by atoms with van der Waals surface area (Å²) in [7, 11) is 0. The minimum absolute atomic E-state index is 0.103. The number of carbonyl (C=O) groups excluding carboxylic acids is 2. The van der Waals surface area contributed by atoms with Gasteiger partial charge in [-0.15, -0.1) is 0 Å². The molecule has 0 spiro atoms. The molecule has 2 amide bonds. The molecule has 6 nitrogen and oxygen atoms in total. The monoisotopic (exact) mass is 366 g/mol. The van der Waals surface area contributed by atoms with E-state index in [1.54, 1.807) is 11.8 Å². The summed E-state index contributed by atoms with van der Waals surface area (Å²) < 4.78 is 30.7. The van der Waals surface area contributed by atoms with Gasteiger partial charge in [-0.05, 0) is 31.9 Å². The molecule has 1 aliphatic heterocycles. The molecule has 1 N–H and O–H groups in total. The Balaban J connectivity index is 1.57. The summed E-state index contributed by atoms with van der Waals surface area (Å²) in [6, 6.07) is 2.65. The van der Waals surface area contributed by atoms with Gasteiger partial charge in [0.05, 0.1) is 5.56 Å². The van der Waals surface area contributed by atoms with Crippen LogP contribution in [0.2, 0.25) is 0 Å². The number of likely N-dealkylation sites (tertiary alicyclic amines) is 1. The van der Waals surface area contributed by atoms with Crippen molar-refractivity contribution < 1.29 is 18.4 Å². The molecule has 1 aromatic carbocycles. The number of Topliss-reactive ketones (excluding diaryl/α,β-unsaturated/α-hetero) is 1. The van der Waals surface area contributed by atoms with Gasteiger partial charge >= 0.3 is 6.03 Å². The van der Waals surface area contributed by atoms with Crippen LogP contribution >= 0.6 is 11.5 Å². The highest BCUT2D eigenvalue weighted by atomic mass is 32.1. The van der Waals surface area contributed by atoms with Crippen molar-refractivity contribution in [2.24, 2.45) is 5.92 Å². The minimum atomic E-state index is -0.850. The summed E-state index contributed by atoms with van der Waals surface area (Å²) in [5.74, 6) is -1.71. The molecule has 2 heterocycles. The number of rotatable bonds is 3. The quantitative estimate of drug-likeness (QED) is 0.846. The minimum Gasteiger partial charge on any atom is -0.324 e. The first kappa shape index (κ1) is 17.4. The van der Waals surface area contributed by atoms with E-state index >= 15 is 0 Å². The summed E-state index contributed by atoms with van der Waals surface area (Å²) in [6.07, 6.45) is 0.858. The van der Waals surface area contributed by atoms with Crippen molar-refractivity contribution in [1.82, 2.24) is 14.3 Å². The Bertz CT molecular complexity index is 803. The van der Waals surface area contributed by atoms with Gasteiger partial charge in [-0.3, -0.25) is 10.1 Å². The molecule has 0 atom stereocenters. The third-order valence-electron chi connectivity index (χ3n) is 4.09. The predicted molar refractivity (Wildman–Crippen MR) is 88.7 cm³/mol. The standard InChI is InChI=1S/C16H16F2N4O2S/c1-9-19-15(25-21-9)20-16(24)22-6-4-10(5-7-22)14(23)12-3-2-11(17)8-13(12)18/h2-3,8,10H,4-7H2,1H3,(H,19,20,21,24). The Kier molecular flexibility index (Phi) is 5.03. The zero-order valence-electron chi connectivity index (χ0n) is 13.5. The fraction of sp³-hybridized carbons (Fsp3) is 0.375. The normalized spacial score (nSPS) is 15.2. The van der Waals surface area contributed by atoms with E-state index in [0.717, 1.165) is 17.6 Å². The highest BCUT2D eigenvalue weighted by molar-refractivity contribution is 7.09. The van der Waals surface area contributed by atoms with Crippen molar-refractivity contribution in [2.45, 2.75) is 19.8 Å². The third kappa shape index (κ3) is 3.98. The van der Waals surface area contributed by atoms with Crippen LogP contribution in [0.3, 0.4) is 0 Å². The average molecular weight is 366 g/mol. The molecule has 3 rings (SSSR count). The number of urea groups is 1. The van der Waals surface area contributed by atoms with Crippen molar-refractivity contribution in [1.29, 1.82) is 0 Å². The lowest BCUT2D eigenvalue weighted by Gasteiger charge is -2.31. The second kappa shape index (κ2) is 7.22. The molecular weight excluding hydrogens is 350 g/mol. The second-order valence-electron chi connectivity index (χ2n) is 5.83. The zero-order valence-corrected chi connectivity index (χ0v) is 14.3. The maximum atomic E-state index is 13.8. The molecule has 1 aliphatic rings. The molecule has 0 saturated carbocycles. The topological polar surface area (TPSA) is 75.2 Å². The second-order valence-corrected chi connectivity index (χ2v) is 6.58. The van der Waals surface area contributed by atoms with Crippen LogP contribution in [-0.4, -0.2) is 39.2 Å². The van der Waals surface area contributed by atoms with E-state index < -0.39 is 11.6 Å². The number of aromatic nitrogens is 2. The van der Waals surface area contributed by atoms with Gasteiger partial charge in [0.1, 0.15) is 17.5 Å². The fourth-order valence-electron chi connectivity index (χ4n) is 2.77. The Morgan fingerprint density at radius 1 is 1.28 bits per heavy atom. The van der Waals surface area contributed by atoms with Crippen LogP contribution < -0.4 is 5.32 Å². The molecular formula is C16H16F2N4O2S. The lowest BCUT2D eigenvalue weighted by molar-refractivity contribution is 0.0855. The number of anilines is 1. The highest BCUT2D eigenvalue weighted by Gasteiger charge is 2.29. The van der Waals surface area contributed by atoms with E-state index in [1.807, 2.05) is 0 Å². The SMILES string of the molecule is Cc1nsc(NC(=O)N2CCC(C(=O)c3ccc(F)cc3F)CC2)n1. The number of nitrogens with one attached hydrogen (secondary N) is 1. The molecule has 25 heavy (non-hydrogen) atoms. The van der Waals surface area contributed by atoms with Gasteiger partial charge in [0.15, 0.2) is 5.78 Å². The van der Waals surface area contributed by atoms with Crippen LogP contribution in [0.15, 0.2) is 18.2 Å². The van der Waals surface area contributed by atoms with Crippen molar-refractivity contribution in [2.75, 3.05) is 18.4 Å². The number of carbonyl (C=O) groups is 2. The zero-order chi connectivity index (χ0) is 18.0. The lowest BCUT2D eigenvalue weighted by Crippen LogP contribution is -2.42. The van der Waals surface area contributed by atoms with Gasteiger partial charge < -0.3 is 4.90 Å². The molecule has 0 aliphatic carbocycles. The fourth-order valence-corrected chi connectivity index (χ4v) is 3.34. The molecule has 1 aromatic heterocycles. The first-order chi connectivity index (χ1) is 11.9. The van der Waals surface area contributed by atoms with E-state index in [0.29, 0.717) is 43.0 Å². The Labute approximate surface area is 147 Å². The molecule has 9 heteroatoms. The number of halogens is 2. The van der Waals surface area contributed by atoms with Crippen LogP contribution in [0.25, 0.3) is 0 Å². The first-order valence-electron chi connectivity index (χ1n) is 7.79. The number of hydrogen-bond acceptors (Lipinski definition) is 5. The van der Waals surface area contributed by atoms with Crippen LogP contribution in [0, 0.1) is 24.5 Å². The summed E-state index contributed by atoms with van der Waals surface area (Å²) in [6.45, 7) is 2.49. The van der Waals surface area contributed by atoms with Gasteiger partial charge in [0.2, 0.25) is 5.13 Å². The summed E-state index contributed by atoms with van der Waals surface area (Å²) >= 11 is 1.10. The van der Waals surface area contributed by atoms with Crippen LogP contribution in [-0.2, 0) is 0 Å². The van der Waals surface area contributed by atoms with Crippen molar-refractivity contribution in [3.8, 4) is 0 Å². The number of piperidine rings is 1. The molecule has 2 aromatic rings. The van der Waals surface area contributed by atoms with Crippen molar-refractivity contribution in [3.05, 3.63) is 41.2 Å². The molecule has 1 fully saturated rings. The highest BCUT2D eigenvalue weighted by Crippen LogP contribution is 2.24. The van der Waals surface area contributed by atoms with Crippen LogP contribution in [0.1, 0.15) is 29.0 Å². The Hall–Kier alpha value is -2.42. The number of aryl methyl sites for hydroxylation is 1. The summed E-state index contributed by atoms with van der Waals surface area (Å²) in [5.41, 5.74) is -0.103. The van der Waals surface area contributed by atoms with E-state index in [9.17, 15) is 18.4 Å². The number of ketones is 1. The maximum absolute atomic E-state index is 13.8. The molecule has 0 radical (unpaired) electrons. The number of benzene rings is 1. The van der Waals surface area contributed by atoms with Crippen molar-refractivity contribution in [3.63, 3.8) is 0 Å². The smallest absolute Gasteiger partial charge is 0.323 e. The van der Waals surface area contributed by atoms with Gasteiger partial charge in [0, 0.05) is 36.6 Å². The predicted octanol–water partition coefficient (Wildman–Crippen LogP) is 3.25. The Morgan fingerprint density at radius 3 is 2.60 bits per heavy atom. The van der Waals surface area contributed by atoms with E-state index in [1.165, 1.54) is 6.07 Å². The summed E-state index contributed by atoms with van der Waals surface area (Å²) in [4.78, 5) is 30.2. The molecule has 1 saturated heterocycles. The lowest BCUT2D eigenvalue weighted by atomic mass is 9.89. The van der Waals surface area contributed by atoms with E-state index in [2.05, 4.69) is 14.7 Å². The summed E-state index contributed by atoms with van der Waals surface area (Å²) in [5, 5.41) is 3.09. The maximum Gasteiger partial charge on any atom is 0.323 e. The third-order valence-corrected chi connectivity index (χ3v) is 4.81. The van der Waals surface area contributed by atoms with E-state index in [-0.39, 0.29) is 23.3 Å².